The summed E-state index contributed by atoms with van der Waals surface area (Å²) in [5.74, 6) is 0.699. The van der Waals surface area contributed by atoms with Gasteiger partial charge < -0.3 is 19.7 Å². The lowest BCUT2D eigenvalue weighted by molar-refractivity contribution is 0.102. The first kappa shape index (κ1) is 24.8. The van der Waals surface area contributed by atoms with E-state index in [-0.39, 0.29) is 10.6 Å². The lowest BCUT2D eigenvalue weighted by atomic mass is 10.2. The molecule has 0 saturated carbocycles. The topological polar surface area (TPSA) is 88.2 Å². The number of carbonyl (C=O) groups excluding carboxylic acids is 1. The maximum absolute atomic E-state index is 13.4. The molecule has 10 heteroatoms. The van der Waals surface area contributed by atoms with Crippen LogP contribution < -0.4 is 19.7 Å². The van der Waals surface area contributed by atoms with Gasteiger partial charge in [0.05, 0.1) is 24.8 Å². The highest BCUT2D eigenvalue weighted by Crippen LogP contribution is 2.30. The third-order valence-electron chi connectivity index (χ3n) is 5.82. The van der Waals surface area contributed by atoms with Crippen LogP contribution in [-0.4, -0.2) is 59.0 Å². The van der Waals surface area contributed by atoms with Crippen LogP contribution in [0.1, 0.15) is 10.4 Å². The van der Waals surface area contributed by atoms with Gasteiger partial charge in [0.2, 0.25) is 10.0 Å². The summed E-state index contributed by atoms with van der Waals surface area (Å²) in [5.41, 5.74) is 1.62. The molecule has 0 unspecified atom stereocenters. The van der Waals surface area contributed by atoms with Gasteiger partial charge in [-0.15, -0.1) is 0 Å². The molecular weight excluding hydrogens is 490 g/mol. The first-order valence-corrected chi connectivity index (χ1v) is 12.8. The minimum Gasteiger partial charge on any atom is -0.497 e. The minimum atomic E-state index is -3.77. The molecule has 0 spiro atoms. The number of nitrogens with one attached hydrogen (secondary N) is 1. The Balaban J connectivity index is 1.50. The van der Waals surface area contributed by atoms with Gasteiger partial charge in [-0.3, -0.25) is 4.79 Å². The molecule has 35 heavy (non-hydrogen) atoms. The number of amides is 1. The molecule has 0 atom stereocenters. The first-order chi connectivity index (χ1) is 16.8. The predicted molar refractivity (Wildman–Crippen MR) is 136 cm³/mol. The molecule has 0 bridgehead atoms. The van der Waals surface area contributed by atoms with Crippen molar-refractivity contribution in [2.24, 2.45) is 0 Å². The smallest absolute Gasteiger partial charge is 0.255 e. The van der Waals surface area contributed by atoms with Crippen LogP contribution >= 0.6 is 11.6 Å². The van der Waals surface area contributed by atoms with Crippen molar-refractivity contribution >= 4 is 38.9 Å². The molecule has 3 aromatic rings. The monoisotopic (exact) mass is 515 g/mol. The summed E-state index contributed by atoms with van der Waals surface area (Å²) in [4.78, 5) is 14.9. The molecule has 184 valence electrons. The zero-order valence-corrected chi connectivity index (χ0v) is 21.0. The van der Waals surface area contributed by atoms with E-state index in [1.807, 2.05) is 24.3 Å². The second-order valence-electron chi connectivity index (χ2n) is 7.92. The van der Waals surface area contributed by atoms with Crippen molar-refractivity contribution in [2.75, 3.05) is 50.6 Å². The van der Waals surface area contributed by atoms with Crippen molar-refractivity contribution in [3.8, 4) is 11.5 Å². The van der Waals surface area contributed by atoms with Crippen molar-refractivity contribution in [3.05, 3.63) is 77.3 Å². The molecule has 3 aromatic carbocycles. The molecule has 0 radical (unpaired) electrons. The predicted octanol–water partition coefficient (Wildman–Crippen LogP) is 4.12. The fourth-order valence-electron chi connectivity index (χ4n) is 3.90. The fourth-order valence-corrected chi connectivity index (χ4v) is 5.54. The molecule has 0 aliphatic carbocycles. The van der Waals surface area contributed by atoms with E-state index in [9.17, 15) is 13.2 Å². The molecule has 1 aliphatic heterocycles. The highest BCUT2D eigenvalue weighted by Gasteiger charge is 2.29. The van der Waals surface area contributed by atoms with Crippen LogP contribution in [0.15, 0.2) is 71.6 Å². The number of methoxy groups -OCH3 is 2. The molecule has 1 fully saturated rings. The van der Waals surface area contributed by atoms with Gasteiger partial charge in [-0.2, -0.15) is 4.31 Å². The third kappa shape index (κ3) is 5.53. The number of benzene rings is 3. The Labute approximate surface area is 210 Å². The molecular formula is C25H26ClN3O5S. The molecule has 1 amide bonds. The number of halogens is 1. The Morgan fingerprint density at radius 2 is 1.63 bits per heavy atom. The second kappa shape index (κ2) is 10.6. The number of sulfonamides is 1. The highest BCUT2D eigenvalue weighted by molar-refractivity contribution is 7.89. The zero-order valence-electron chi connectivity index (χ0n) is 19.4. The number of anilines is 2. The van der Waals surface area contributed by atoms with E-state index < -0.39 is 15.9 Å². The van der Waals surface area contributed by atoms with E-state index in [0.717, 1.165) is 11.4 Å². The van der Waals surface area contributed by atoms with Crippen molar-refractivity contribution in [1.29, 1.82) is 0 Å². The van der Waals surface area contributed by atoms with Gasteiger partial charge in [0.15, 0.2) is 0 Å². The summed E-state index contributed by atoms with van der Waals surface area (Å²) in [6.07, 6.45) is 0. The van der Waals surface area contributed by atoms with Gasteiger partial charge >= 0.3 is 0 Å². The summed E-state index contributed by atoms with van der Waals surface area (Å²) in [7, 11) is -0.702. The molecule has 0 aromatic heterocycles. The largest absolute Gasteiger partial charge is 0.497 e. The standard InChI is InChI=1S/C25H26ClN3O5S/c1-33-21-8-6-20(7-9-21)28-12-14-29(15-13-28)35(31,32)22-10-11-24(34-2)23(17-22)27-25(30)18-4-3-5-19(26)16-18/h3-11,16-17H,12-15H2,1-2H3,(H,27,30). The van der Waals surface area contributed by atoms with Gasteiger partial charge in [-0.1, -0.05) is 17.7 Å². The molecule has 8 nitrogen and oxygen atoms in total. The number of hydrogen-bond donors (Lipinski definition) is 1. The number of ether oxygens (including phenoxy) is 2. The number of nitrogens with zero attached hydrogens (tertiary/aromatic N) is 2. The number of piperazine rings is 1. The van der Waals surface area contributed by atoms with E-state index in [1.165, 1.54) is 35.7 Å². The summed E-state index contributed by atoms with van der Waals surface area (Å²) in [6.45, 7) is 1.79. The molecule has 1 saturated heterocycles. The highest BCUT2D eigenvalue weighted by atomic mass is 35.5. The molecule has 1 N–H and O–H groups in total. The quantitative estimate of drug-likeness (QED) is 0.509. The third-order valence-corrected chi connectivity index (χ3v) is 7.95. The molecule has 4 rings (SSSR count). The minimum absolute atomic E-state index is 0.0811. The number of carbonyl (C=O) groups is 1. The zero-order chi connectivity index (χ0) is 25.0. The normalized spacial score (nSPS) is 14.4. The molecule has 1 heterocycles. The summed E-state index contributed by atoms with van der Waals surface area (Å²) in [5, 5.41) is 3.16. The van der Waals surface area contributed by atoms with Crippen molar-refractivity contribution in [3.63, 3.8) is 0 Å². The van der Waals surface area contributed by atoms with Crippen LogP contribution in [0.5, 0.6) is 11.5 Å². The Hall–Kier alpha value is -3.27. The maximum atomic E-state index is 13.4. The fraction of sp³-hybridized carbons (Fsp3) is 0.240. The van der Waals surface area contributed by atoms with Gasteiger partial charge in [0.1, 0.15) is 11.5 Å². The summed E-state index contributed by atoms with van der Waals surface area (Å²) >= 11 is 5.99. The van der Waals surface area contributed by atoms with Gasteiger partial charge in [-0.25, -0.2) is 8.42 Å². The van der Waals surface area contributed by atoms with Gasteiger partial charge in [-0.05, 0) is 60.7 Å². The van der Waals surface area contributed by atoms with E-state index in [2.05, 4.69) is 10.2 Å². The Kier molecular flexibility index (Phi) is 7.49. The summed E-state index contributed by atoms with van der Waals surface area (Å²) in [6, 6.07) is 18.6. The van der Waals surface area contributed by atoms with Crippen molar-refractivity contribution in [2.45, 2.75) is 4.90 Å². The Bertz CT molecular complexity index is 1310. The number of rotatable bonds is 7. The van der Waals surface area contributed by atoms with Crippen LogP contribution in [-0.2, 0) is 10.0 Å². The van der Waals surface area contributed by atoms with Crippen LogP contribution in [0.4, 0.5) is 11.4 Å². The van der Waals surface area contributed by atoms with Crippen molar-refractivity contribution in [1.82, 2.24) is 4.31 Å². The summed E-state index contributed by atoms with van der Waals surface area (Å²) < 4.78 is 38.8. The average Bonchev–Trinajstić information content (AvgIpc) is 2.88. The molecule has 1 aliphatic rings. The second-order valence-corrected chi connectivity index (χ2v) is 10.3. The Morgan fingerprint density at radius 1 is 0.914 bits per heavy atom. The van der Waals surface area contributed by atoms with E-state index in [4.69, 9.17) is 21.1 Å². The van der Waals surface area contributed by atoms with Crippen LogP contribution in [0.25, 0.3) is 0 Å². The maximum Gasteiger partial charge on any atom is 0.255 e. The van der Waals surface area contributed by atoms with E-state index in [0.29, 0.717) is 42.5 Å². The van der Waals surface area contributed by atoms with E-state index in [1.54, 1.807) is 25.3 Å². The lowest BCUT2D eigenvalue weighted by Gasteiger charge is -2.35. The SMILES string of the molecule is COc1ccc(N2CCN(S(=O)(=O)c3ccc(OC)c(NC(=O)c4cccc(Cl)c4)c3)CC2)cc1. The van der Waals surface area contributed by atoms with Crippen LogP contribution in [0, 0.1) is 0 Å². The van der Waals surface area contributed by atoms with Gasteiger partial charge in [0, 0.05) is 42.5 Å². The van der Waals surface area contributed by atoms with E-state index >= 15 is 0 Å². The van der Waals surface area contributed by atoms with Crippen LogP contribution in [0.2, 0.25) is 5.02 Å². The Morgan fingerprint density at radius 3 is 2.26 bits per heavy atom. The van der Waals surface area contributed by atoms with Gasteiger partial charge in [0.25, 0.3) is 5.91 Å². The first-order valence-electron chi connectivity index (χ1n) is 11.0. The average molecular weight is 516 g/mol. The van der Waals surface area contributed by atoms with Crippen molar-refractivity contribution < 1.29 is 22.7 Å². The lowest BCUT2D eigenvalue weighted by Crippen LogP contribution is -2.48. The number of hydrogen-bond acceptors (Lipinski definition) is 6. The van der Waals surface area contributed by atoms with Crippen LogP contribution in [0.3, 0.4) is 0 Å².